The van der Waals surface area contributed by atoms with E-state index in [-0.39, 0.29) is 0 Å². The Labute approximate surface area is 130 Å². The van der Waals surface area contributed by atoms with E-state index in [1.165, 1.54) is 57.3 Å². The van der Waals surface area contributed by atoms with E-state index in [0.717, 1.165) is 24.7 Å². The molecule has 21 heavy (non-hydrogen) atoms. The molecule has 0 aliphatic carbocycles. The summed E-state index contributed by atoms with van der Waals surface area (Å²) in [6, 6.07) is 8.54. The average Bonchev–Trinajstić information content (AvgIpc) is 2.55. The van der Waals surface area contributed by atoms with Crippen LogP contribution in [-0.4, -0.2) is 31.1 Å². The van der Waals surface area contributed by atoms with Crippen LogP contribution in [-0.2, 0) is 6.42 Å². The highest BCUT2D eigenvalue weighted by molar-refractivity contribution is 5.27. The van der Waals surface area contributed by atoms with Gasteiger partial charge in [0.05, 0.1) is 6.61 Å². The van der Waals surface area contributed by atoms with Gasteiger partial charge in [-0.25, -0.2) is 0 Å². The minimum absolute atomic E-state index is 0.859. The highest BCUT2D eigenvalue weighted by Gasteiger charge is 2.18. The number of piperidine rings is 1. The largest absolute Gasteiger partial charge is 0.494 e. The Morgan fingerprint density at radius 2 is 1.81 bits per heavy atom. The fraction of sp³-hybridized carbons (Fsp3) is 0.684. The van der Waals surface area contributed by atoms with Crippen molar-refractivity contribution in [3.8, 4) is 5.75 Å². The number of ether oxygens (including phenoxy) is 1. The van der Waals surface area contributed by atoms with Crippen LogP contribution in [0.1, 0.15) is 51.5 Å². The Morgan fingerprint density at radius 1 is 1.10 bits per heavy atom. The molecule has 0 N–H and O–H groups in total. The maximum atomic E-state index is 5.89. The molecule has 0 atom stereocenters. The van der Waals surface area contributed by atoms with E-state index in [2.05, 4.69) is 43.0 Å². The fourth-order valence-corrected chi connectivity index (χ4v) is 3.05. The SMILES string of the molecule is CCCCN1CCC(CCOc2ccc(CC)cc2)CC1. The normalized spacial score (nSPS) is 17.0. The van der Waals surface area contributed by atoms with Crippen molar-refractivity contribution in [2.24, 2.45) is 5.92 Å². The second kappa shape index (κ2) is 9.09. The van der Waals surface area contributed by atoms with Gasteiger partial charge in [-0.1, -0.05) is 32.4 Å². The van der Waals surface area contributed by atoms with Gasteiger partial charge in [-0.15, -0.1) is 0 Å². The summed E-state index contributed by atoms with van der Waals surface area (Å²) < 4.78 is 5.89. The zero-order valence-corrected chi connectivity index (χ0v) is 13.8. The van der Waals surface area contributed by atoms with Gasteiger partial charge in [-0.05, 0) is 75.4 Å². The Bertz CT molecular complexity index is 379. The van der Waals surface area contributed by atoms with Crippen LogP contribution in [0.2, 0.25) is 0 Å². The summed E-state index contributed by atoms with van der Waals surface area (Å²) in [4.78, 5) is 2.63. The van der Waals surface area contributed by atoms with Crippen molar-refractivity contribution in [1.29, 1.82) is 0 Å². The molecule has 1 saturated heterocycles. The van der Waals surface area contributed by atoms with Crippen molar-refractivity contribution in [2.45, 2.75) is 52.4 Å². The predicted molar refractivity (Wildman–Crippen MR) is 90.0 cm³/mol. The Balaban J connectivity index is 1.61. The molecule has 2 rings (SSSR count). The van der Waals surface area contributed by atoms with Gasteiger partial charge in [-0.2, -0.15) is 0 Å². The van der Waals surface area contributed by atoms with Gasteiger partial charge in [0, 0.05) is 0 Å². The molecular weight excluding hydrogens is 258 g/mol. The van der Waals surface area contributed by atoms with Gasteiger partial charge < -0.3 is 9.64 Å². The molecule has 2 nitrogen and oxygen atoms in total. The zero-order chi connectivity index (χ0) is 14.9. The smallest absolute Gasteiger partial charge is 0.119 e. The summed E-state index contributed by atoms with van der Waals surface area (Å²) in [5, 5.41) is 0. The lowest BCUT2D eigenvalue weighted by molar-refractivity contribution is 0.162. The Hall–Kier alpha value is -1.02. The minimum Gasteiger partial charge on any atom is -0.494 e. The van der Waals surface area contributed by atoms with E-state index in [4.69, 9.17) is 4.74 Å². The molecule has 1 fully saturated rings. The molecule has 1 aromatic carbocycles. The summed E-state index contributed by atoms with van der Waals surface area (Å²) in [5.41, 5.74) is 1.38. The quantitative estimate of drug-likeness (QED) is 0.697. The molecule has 1 aliphatic rings. The monoisotopic (exact) mass is 289 g/mol. The van der Waals surface area contributed by atoms with Crippen molar-refractivity contribution in [1.82, 2.24) is 4.90 Å². The summed E-state index contributed by atoms with van der Waals surface area (Å²) in [6.45, 7) is 9.19. The van der Waals surface area contributed by atoms with E-state index in [9.17, 15) is 0 Å². The highest BCUT2D eigenvalue weighted by atomic mass is 16.5. The van der Waals surface area contributed by atoms with E-state index in [0.29, 0.717) is 0 Å². The van der Waals surface area contributed by atoms with Crippen LogP contribution >= 0.6 is 0 Å². The van der Waals surface area contributed by atoms with E-state index in [1.807, 2.05) is 0 Å². The molecule has 0 amide bonds. The van der Waals surface area contributed by atoms with Gasteiger partial charge in [-0.3, -0.25) is 0 Å². The van der Waals surface area contributed by atoms with Crippen LogP contribution in [0, 0.1) is 5.92 Å². The van der Waals surface area contributed by atoms with Crippen molar-refractivity contribution < 1.29 is 4.74 Å². The number of benzene rings is 1. The lowest BCUT2D eigenvalue weighted by Gasteiger charge is -2.31. The number of nitrogens with zero attached hydrogens (tertiary/aromatic N) is 1. The molecule has 1 heterocycles. The Morgan fingerprint density at radius 3 is 2.43 bits per heavy atom. The summed E-state index contributed by atoms with van der Waals surface area (Å²) >= 11 is 0. The molecule has 0 spiro atoms. The Kier molecular flexibility index (Phi) is 7.08. The van der Waals surface area contributed by atoms with Crippen molar-refractivity contribution >= 4 is 0 Å². The first-order valence-electron chi connectivity index (χ1n) is 8.76. The lowest BCUT2D eigenvalue weighted by atomic mass is 9.94. The standard InChI is InChI=1S/C19H31NO/c1-3-5-13-20-14-10-18(11-15-20)12-16-21-19-8-6-17(4-2)7-9-19/h6-9,18H,3-5,10-16H2,1-2H3. The third kappa shape index (κ3) is 5.70. The van der Waals surface area contributed by atoms with Crippen LogP contribution in [0.25, 0.3) is 0 Å². The summed E-state index contributed by atoms with van der Waals surface area (Å²) in [6.07, 6.45) is 7.66. The van der Waals surface area contributed by atoms with Gasteiger partial charge >= 0.3 is 0 Å². The van der Waals surface area contributed by atoms with Crippen LogP contribution in [0.5, 0.6) is 5.75 Å². The number of hydrogen-bond acceptors (Lipinski definition) is 2. The van der Waals surface area contributed by atoms with Crippen molar-refractivity contribution in [3.63, 3.8) is 0 Å². The predicted octanol–water partition coefficient (Wildman–Crippen LogP) is 4.53. The lowest BCUT2D eigenvalue weighted by Crippen LogP contribution is -2.34. The molecule has 0 saturated carbocycles. The number of hydrogen-bond donors (Lipinski definition) is 0. The minimum atomic E-state index is 0.859. The second-order valence-electron chi connectivity index (χ2n) is 6.27. The maximum absolute atomic E-state index is 5.89. The molecule has 1 aromatic rings. The molecule has 118 valence electrons. The molecule has 0 radical (unpaired) electrons. The van der Waals surface area contributed by atoms with Crippen LogP contribution in [0.4, 0.5) is 0 Å². The molecule has 0 aromatic heterocycles. The van der Waals surface area contributed by atoms with Gasteiger partial charge in [0.25, 0.3) is 0 Å². The van der Waals surface area contributed by atoms with Crippen molar-refractivity contribution in [3.05, 3.63) is 29.8 Å². The van der Waals surface area contributed by atoms with E-state index < -0.39 is 0 Å². The average molecular weight is 289 g/mol. The number of likely N-dealkylation sites (tertiary alicyclic amines) is 1. The third-order valence-corrected chi connectivity index (χ3v) is 4.66. The number of unbranched alkanes of at least 4 members (excludes halogenated alkanes) is 1. The molecular formula is C19H31NO. The van der Waals surface area contributed by atoms with Gasteiger partial charge in [0.1, 0.15) is 5.75 Å². The van der Waals surface area contributed by atoms with Gasteiger partial charge in [0.2, 0.25) is 0 Å². The second-order valence-corrected chi connectivity index (χ2v) is 6.27. The first-order chi connectivity index (χ1) is 10.3. The highest BCUT2D eigenvalue weighted by Crippen LogP contribution is 2.21. The summed E-state index contributed by atoms with van der Waals surface area (Å²) in [7, 11) is 0. The number of rotatable bonds is 8. The maximum Gasteiger partial charge on any atom is 0.119 e. The topological polar surface area (TPSA) is 12.5 Å². The zero-order valence-electron chi connectivity index (χ0n) is 13.8. The fourth-order valence-electron chi connectivity index (χ4n) is 3.05. The summed E-state index contributed by atoms with van der Waals surface area (Å²) in [5.74, 6) is 1.88. The molecule has 0 bridgehead atoms. The van der Waals surface area contributed by atoms with E-state index in [1.54, 1.807) is 0 Å². The van der Waals surface area contributed by atoms with Crippen LogP contribution in [0.15, 0.2) is 24.3 Å². The van der Waals surface area contributed by atoms with Crippen molar-refractivity contribution in [2.75, 3.05) is 26.2 Å². The first kappa shape index (κ1) is 16.4. The third-order valence-electron chi connectivity index (χ3n) is 4.66. The van der Waals surface area contributed by atoms with Crippen LogP contribution in [0.3, 0.4) is 0 Å². The van der Waals surface area contributed by atoms with E-state index >= 15 is 0 Å². The molecule has 0 unspecified atom stereocenters. The van der Waals surface area contributed by atoms with Crippen LogP contribution < -0.4 is 4.74 Å². The van der Waals surface area contributed by atoms with Gasteiger partial charge in [0.15, 0.2) is 0 Å². The molecule has 1 aliphatic heterocycles. The molecule has 2 heteroatoms. The number of aryl methyl sites for hydroxylation is 1. The first-order valence-corrected chi connectivity index (χ1v) is 8.76.